The van der Waals surface area contributed by atoms with Crippen LogP contribution in [0.3, 0.4) is 0 Å². The van der Waals surface area contributed by atoms with Gasteiger partial charge in [-0.1, -0.05) is 121 Å². The molecule has 0 radical (unpaired) electrons. The molecule has 17 rings (SSSR count). The molecule has 4 aliphatic rings. The fraction of sp³-hybridized carbons (Fsp3) is 0. The van der Waals surface area contributed by atoms with Crippen LogP contribution in [0.4, 0.5) is 34.1 Å². The van der Waals surface area contributed by atoms with E-state index in [4.69, 9.17) is 13.9 Å². The van der Waals surface area contributed by atoms with Gasteiger partial charge in [0, 0.05) is 77.7 Å². The van der Waals surface area contributed by atoms with Crippen LogP contribution in [0.15, 0.2) is 217 Å². The molecule has 328 valence electrons. The van der Waals surface area contributed by atoms with Gasteiger partial charge in [0.25, 0.3) is 6.71 Å². The van der Waals surface area contributed by atoms with E-state index < -0.39 is 0 Å². The Bertz CT molecular complexity index is 4470. The van der Waals surface area contributed by atoms with Crippen LogP contribution in [0.25, 0.3) is 58.6 Å². The fourth-order valence-electron chi connectivity index (χ4n) is 12.6. The predicted molar refractivity (Wildman–Crippen MR) is 295 cm³/mol. The van der Waals surface area contributed by atoms with Crippen LogP contribution in [0, 0.1) is 0 Å². The summed E-state index contributed by atoms with van der Waals surface area (Å²) < 4.78 is 26.5. The predicted octanol–water partition coefficient (Wildman–Crippen LogP) is 12.7. The first-order chi connectivity index (χ1) is 35.2. The van der Waals surface area contributed by atoms with Gasteiger partial charge in [-0.25, -0.2) is 0 Å². The highest BCUT2D eigenvalue weighted by molar-refractivity contribution is 7.26. The lowest BCUT2D eigenvalue weighted by Gasteiger charge is -2.39. The van der Waals surface area contributed by atoms with Crippen molar-refractivity contribution in [3.05, 3.63) is 212 Å². The van der Waals surface area contributed by atoms with Crippen molar-refractivity contribution in [2.24, 2.45) is 0 Å². The Morgan fingerprint density at radius 1 is 0.380 bits per heavy atom. The summed E-state index contributed by atoms with van der Waals surface area (Å²) in [5, 5.41) is 5.88. The number of para-hydroxylation sites is 4. The summed E-state index contributed by atoms with van der Waals surface area (Å²) in [5.41, 5.74) is 17.4. The maximum absolute atomic E-state index is 7.20. The van der Waals surface area contributed by atoms with Gasteiger partial charge >= 0.3 is 6.71 Å². The summed E-state index contributed by atoms with van der Waals surface area (Å²) in [4.78, 5) is 4.75. The van der Waals surface area contributed by atoms with E-state index in [1.807, 2.05) is 11.3 Å². The Morgan fingerprint density at radius 3 is 1.68 bits per heavy atom. The average Bonchev–Trinajstić information content (AvgIpc) is 4.10. The molecule has 4 aliphatic heterocycles. The molecular formula is C62H35B2N3O3S. The molecule has 10 aromatic carbocycles. The highest BCUT2D eigenvalue weighted by atomic mass is 32.1. The van der Waals surface area contributed by atoms with E-state index >= 15 is 0 Å². The third-order valence-electron chi connectivity index (χ3n) is 15.5. The lowest BCUT2D eigenvalue weighted by molar-refractivity contribution is 0.487. The highest BCUT2D eigenvalue weighted by Crippen LogP contribution is 2.48. The van der Waals surface area contributed by atoms with Gasteiger partial charge in [-0.05, 0) is 101 Å². The van der Waals surface area contributed by atoms with E-state index in [9.17, 15) is 0 Å². The van der Waals surface area contributed by atoms with Crippen LogP contribution in [-0.4, -0.2) is 18.0 Å². The van der Waals surface area contributed by atoms with Gasteiger partial charge in [0.2, 0.25) is 0 Å². The van der Waals surface area contributed by atoms with Gasteiger partial charge in [0.1, 0.15) is 28.6 Å². The van der Waals surface area contributed by atoms with E-state index in [1.165, 1.54) is 36.8 Å². The first-order valence-electron chi connectivity index (χ1n) is 24.2. The minimum Gasteiger partial charge on any atom is -0.468 e. The number of benzene rings is 10. The summed E-state index contributed by atoms with van der Waals surface area (Å²) in [7, 11) is 0. The zero-order valence-electron chi connectivity index (χ0n) is 37.8. The second kappa shape index (κ2) is 13.9. The van der Waals surface area contributed by atoms with Crippen molar-refractivity contribution in [3.8, 4) is 28.7 Å². The van der Waals surface area contributed by atoms with Crippen molar-refractivity contribution >= 4 is 145 Å². The smallest absolute Gasteiger partial charge is 0.301 e. The van der Waals surface area contributed by atoms with Crippen molar-refractivity contribution < 1.29 is 13.9 Å². The Morgan fingerprint density at radius 2 is 0.930 bits per heavy atom. The molecule has 7 heterocycles. The van der Waals surface area contributed by atoms with Crippen molar-refractivity contribution in [3.63, 3.8) is 0 Å². The van der Waals surface area contributed by atoms with Crippen molar-refractivity contribution in [2.45, 2.75) is 0 Å². The van der Waals surface area contributed by atoms with Crippen LogP contribution in [-0.2, 0) is 0 Å². The number of furan rings is 1. The summed E-state index contributed by atoms with van der Waals surface area (Å²) in [5.74, 6) is 3.39. The maximum Gasteiger partial charge on any atom is 0.301 e. The molecule has 0 saturated heterocycles. The summed E-state index contributed by atoms with van der Waals surface area (Å²) in [6, 6.07) is 76.5. The van der Waals surface area contributed by atoms with E-state index in [-0.39, 0.29) is 13.4 Å². The Kier molecular flexibility index (Phi) is 7.43. The molecule has 0 spiro atoms. The topological polar surface area (TPSA) is 43.0 Å². The molecule has 0 N–H and O–H groups in total. The van der Waals surface area contributed by atoms with Crippen LogP contribution in [0.5, 0.6) is 23.0 Å². The van der Waals surface area contributed by atoms with Gasteiger partial charge in [-0.2, -0.15) is 0 Å². The van der Waals surface area contributed by atoms with Gasteiger partial charge < -0.3 is 28.3 Å². The molecule has 9 heteroatoms. The normalized spacial score (nSPS) is 13.7. The number of anilines is 6. The average molecular weight is 924 g/mol. The van der Waals surface area contributed by atoms with E-state index in [0.717, 1.165) is 112 Å². The minimum atomic E-state index is -0.231. The number of nitrogens with zero attached hydrogens (tertiary/aromatic N) is 3. The Balaban J connectivity index is 0.963. The standard InChI is InChI=1S/C62H35B2N3O3S/c1-3-16-36(17-4-1)65-46-24-10-9-23-43(46)63-44-32-41-42-33-45-56(69-54-30-15-26-48-59(54)64(45)62-60(40-21-7-11-28-52(40)70-62)66(48)37-18-5-2-6-19-37)35-51(42)67(50(41)34-55(44)68-53-29-14-25-47(65)58(53)63)49-27-13-22-39-38-20-8-12-31-57(38)71-61(39)49/h1-35H. The molecule has 3 aromatic heterocycles. The summed E-state index contributed by atoms with van der Waals surface area (Å²) in [6.45, 7) is -0.295. The molecule has 6 nitrogen and oxygen atoms in total. The lowest BCUT2D eigenvalue weighted by Crippen LogP contribution is -2.59. The zero-order valence-corrected chi connectivity index (χ0v) is 38.7. The van der Waals surface area contributed by atoms with Crippen LogP contribution in [0.1, 0.15) is 0 Å². The maximum atomic E-state index is 7.20. The van der Waals surface area contributed by atoms with E-state index in [2.05, 4.69) is 227 Å². The number of ether oxygens (including phenoxy) is 2. The molecule has 0 saturated carbocycles. The van der Waals surface area contributed by atoms with E-state index in [0.29, 0.717) is 0 Å². The monoisotopic (exact) mass is 923 g/mol. The SMILES string of the molecule is c1ccc(N2c3ccccc3B3c4cc5c6cc7c(cc6n(-c6cccc8c6sc6ccccc68)c5cc4Oc4cccc2c43)Oc2cccc3c2B7c2oc4ccccc4c2N3c2ccccc2)cc1. The third kappa shape index (κ3) is 5.02. The number of hydrogen-bond acceptors (Lipinski definition) is 6. The van der Waals surface area contributed by atoms with Gasteiger partial charge in [-0.3, -0.25) is 0 Å². The number of hydrogen-bond donors (Lipinski definition) is 0. The molecule has 0 amide bonds. The van der Waals surface area contributed by atoms with Crippen molar-refractivity contribution in [2.75, 3.05) is 9.80 Å². The zero-order chi connectivity index (χ0) is 46.1. The van der Waals surface area contributed by atoms with Crippen LogP contribution >= 0.6 is 11.3 Å². The Hall–Kier alpha value is -8.91. The Labute approximate surface area is 411 Å². The van der Waals surface area contributed by atoms with Crippen molar-refractivity contribution in [1.29, 1.82) is 0 Å². The lowest BCUT2D eigenvalue weighted by atomic mass is 9.34. The molecule has 0 unspecified atom stereocenters. The first kappa shape index (κ1) is 38.0. The molecule has 71 heavy (non-hydrogen) atoms. The number of rotatable bonds is 3. The second-order valence-corrected chi connectivity index (χ2v) is 20.1. The minimum absolute atomic E-state index is 0.0641. The van der Waals surface area contributed by atoms with Crippen LogP contribution < -0.4 is 52.2 Å². The van der Waals surface area contributed by atoms with Crippen LogP contribution in [0.2, 0.25) is 0 Å². The molecule has 0 atom stereocenters. The molecule has 0 bridgehead atoms. The van der Waals surface area contributed by atoms with Gasteiger partial charge in [0.05, 0.1) is 32.8 Å². The largest absolute Gasteiger partial charge is 0.468 e. The number of thiophene rings is 1. The summed E-state index contributed by atoms with van der Waals surface area (Å²) in [6.07, 6.45) is 0. The fourth-order valence-corrected chi connectivity index (χ4v) is 13.8. The molecular weight excluding hydrogens is 888 g/mol. The quantitative estimate of drug-likeness (QED) is 0.165. The number of aromatic nitrogens is 1. The molecule has 0 aliphatic carbocycles. The third-order valence-corrected chi connectivity index (χ3v) is 16.7. The summed E-state index contributed by atoms with van der Waals surface area (Å²) >= 11 is 1.85. The van der Waals surface area contributed by atoms with Gasteiger partial charge in [0.15, 0.2) is 0 Å². The number of fused-ring (bicyclic) bond motifs is 16. The van der Waals surface area contributed by atoms with E-state index in [1.54, 1.807) is 0 Å². The highest BCUT2D eigenvalue weighted by Gasteiger charge is 2.47. The molecule has 0 fully saturated rings. The second-order valence-electron chi connectivity index (χ2n) is 19.1. The first-order valence-corrected chi connectivity index (χ1v) is 25.0. The molecule has 13 aromatic rings. The van der Waals surface area contributed by atoms with Gasteiger partial charge in [-0.15, -0.1) is 11.3 Å². The van der Waals surface area contributed by atoms with Crippen molar-refractivity contribution in [1.82, 2.24) is 4.57 Å².